The van der Waals surface area contributed by atoms with Crippen molar-refractivity contribution in [1.29, 1.82) is 0 Å². The third-order valence-corrected chi connectivity index (χ3v) is 4.97. The first kappa shape index (κ1) is 17.5. The lowest BCUT2D eigenvalue weighted by molar-refractivity contribution is -0.131. The summed E-state index contributed by atoms with van der Waals surface area (Å²) >= 11 is 0. The lowest BCUT2D eigenvalue weighted by Gasteiger charge is -2.32. The van der Waals surface area contributed by atoms with Gasteiger partial charge in [0.1, 0.15) is 5.75 Å². The van der Waals surface area contributed by atoms with Crippen LogP contribution in [0.2, 0.25) is 0 Å². The summed E-state index contributed by atoms with van der Waals surface area (Å²) in [5.41, 5.74) is 2.10. The number of carbonyl (C=O) groups excluding carboxylic acids is 1. The Labute approximate surface area is 149 Å². The van der Waals surface area contributed by atoms with Gasteiger partial charge >= 0.3 is 0 Å². The Bertz CT molecular complexity index is 679. The van der Waals surface area contributed by atoms with E-state index < -0.39 is 0 Å². The molecule has 0 saturated carbocycles. The van der Waals surface area contributed by atoms with Crippen LogP contribution in [0.4, 0.5) is 0 Å². The highest BCUT2D eigenvalue weighted by Crippen LogP contribution is 2.24. The highest BCUT2D eigenvalue weighted by atomic mass is 16.3. The van der Waals surface area contributed by atoms with Crippen LogP contribution in [0.1, 0.15) is 30.0 Å². The van der Waals surface area contributed by atoms with Gasteiger partial charge in [0.25, 0.3) is 0 Å². The van der Waals surface area contributed by atoms with Gasteiger partial charge in [0, 0.05) is 13.6 Å². The number of phenolic OH excluding ortho intramolecular Hbond substituents is 1. The maximum Gasteiger partial charge on any atom is 0.227 e. The van der Waals surface area contributed by atoms with Gasteiger partial charge < -0.3 is 14.9 Å². The molecule has 0 aliphatic carbocycles. The molecule has 132 valence electrons. The Kier molecular flexibility index (Phi) is 5.71. The molecule has 0 spiro atoms. The van der Waals surface area contributed by atoms with Crippen molar-refractivity contribution >= 4 is 5.91 Å². The number of hydrogen-bond acceptors (Lipinski definition) is 3. The van der Waals surface area contributed by atoms with Crippen molar-refractivity contribution < 1.29 is 9.90 Å². The fourth-order valence-electron chi connectivity index (χ4n) is 3.42. The minimum atomic E-state index is 0.0592. The van der Waals surface area contributed by atoms with Crippen molar-refractivity contribution in [3.8, 4) is 5.75 Å². The minimum absolute atomic E-state index is 0.0592. The van der Waals surface area contributed by atoms with E-state index in [9.17, 15) is 9.90 Å². The van der Waals surface area contributed by atoms with E-state index in [1.807, 2.05) is 30.1 Å². The summed E-state index contributed by atoms with van der Waals surface area (Å²) in [7, 11) is 1.90. The molecule has 1 unspecified atom stereocenters. The Morgan fingerprint density at radius 2 is 1.72 bits per heavy atom. The molecular weight excluding hydrogens is 312 g/mol. The second kappa shape index (κ2) is 8.17. The second-order valence-electron chi connectivity index (χ2n) is 6.78. The summed E-state index contributed by atoms with van der Waals surface area (Å²) in [6.07, 6.45) is 2.83. The molecule has 1 saturated heterocycles. The number of likely N-dealkylation sites (tertiary alicyclic amines) is 1. The van der Waals surface area contributed by atoms with Gasteiger partial charge in [-0.05, 0) is 49.2 Å². The molecule has 2 aromatic rings. The highest BCUT2D eigenvalue weighted by Gasteiger charge is 2.25. The summed E-state index contributed by atoms with van der Waals surface area (Å²) in [5, 5.41) is 9.40. The van der Waals surface area contributed by atoms with Crippen LogP contribution >= 0.6 is 0 Å². The van der Waals surface area contributed by atoms with Crippen LogP contribution < -0.4 is 0 Å². The highest BCUT2D eigenvalue weighted by molar-refractivity contribution is 5.79. The van der Waals surface area contributed by atoms with Crippen molar-refractivity contribution in [3.05, 3.63) is 65.7 Å². The van der Waals surface area contributed by atoms with Gasteiger partial charge in [-0.2, -0.15) is 0 Å². The molecule has 0 radical (unpaired) electrons. The zero-order valence-corrected chi connectivity index (χ0v) is 14.8. The van der Waals surface area contributed by atoms with Crippen LogP contribution in [0.3, 0.4) is 0 Å². The van der Waals surface area contributed by atoms with E-state index in [1.165, 1.54) is 18.4 Å². The van der Waals surface area contributed by atoms with Crippen LogP contribution in [0.5, 0.6) is 5.75 Å². The summed E-state index contributed by atoms with van der Waals surface area (Å²) in [6.45, 7) is 3.11. The van der Waals surface area contributed by atoms with E-state index in [-0.39, 0.29) is 17.7 Å². The molecule has 1 aliphatic heterocycles. The fourth-order valence-corrected chi connectivity index (χ4v) is 3.42. The first-order valence-electron chi connectivity index (χ1n) is 8.94. The number of phenols is 1. The quantitative estimate of drug-likeness (QED) is 0.879. The van der Waals surface area contributed by atoms with Crippen molar-refractivity contribution in [3.63, 3.8) is 0 Å². The summed E-state index contributed by atoms with van der Waals surface area (Å²) < 4.78 is 0. The van der Waals surface area contributed by atoms with Crippen LogP contribution in [0, 0.1) is 0 Å². The fraction of sp³-hybridized carbons (Fsp3) is 0.381. The van der Waals surface area contributed by atoms with Crippen molar-refractivity contribution in [2.24, 2.45) is 0 Å². The molecule has 1 atom stereocenters. The van der Waals surface area contributed by atoms with Crippen LogP contribution in [0.25, 0.3) is 0 Å². The molecule has 4 heteroatoms. The molecule has 3 rings (SSSR count). The third kappa shape index (κ3) is 4.60. The largest absolute Gasteiger partial charge is 0.508 e. The molecule has 0 bridgehead atoms. The summed E-state index contributed by atoms with van der Waals surface area (Å²) in [6, 6.07) is 17.2. The van der Waals surface area contributed by atoms with E-state index in [1.54, 1.807) is 24.3 Å². The normalized spacial score (nSPS) is 15.9. The van der Waals surface area contributed by atoms with Gasteiger partial charge in [-0.1, -0.05) is 42.5 Å². The van der Waals surface area contributed by atoms with Gasteiger partial charge in [0.15, 0.2) is 0 Å². The standard InChI is InChI=1S/C21H26N2O2/c1-22(21(25)15-17-9-11-19(24)12-10-17)20(16-23-13-5-6-14-23)18-7-3-2-4-8-18/h2-4,7-12,20,24H,5-6,13-16H2,1H3. The van der Waals surface area contributed by atoms with E-state index >= 15 is 0 Å². The number of aromatic hydroxyl groups is 1. The third-order valence-electron chi connectivity index (χ3n) is 4.97. The summed E-state index contributed by atoms with van der Waals surface area (Å²) in [4.78, 5) is 17.2. The molecule has 1 heterocycles. The molecule has 1 aliphatic rings. The number of amides is 1. The predicted octanol–water partition coefficient (Wildman–Crippen LogP) is 3.23. The van der Waals surface area contributed by atoms with Crippen molar-refractivity contribution in [1.82, 2.24) is 9.80 Å². The van der Waals surface area contributed by atoms with Gasteiger partial charge in [-0.3, -0.25) is 4.79 Å². The lowest BCUT2D eigenvalue weighted by atomic mass is 10.0. The molecule has 1 amide bonds. The smallest absolute Gasteiger partial charge is 0.227 e. The average Bonchev–Trinajstić information content (AvgIpc) is 3.15. The van der Waals surface area contributed by atoms with E-state index in [0.717, 1.165) is 25.2 Å². The number of benzene rings is 2. The molecule has 2 aromatic carbocycles. The van der Waals surface area contributed by atoms with Gasteiger partial charge in [0.2, 0.25) is 5.91 Å². The Morgan fingerprint density at radius 3 is 2.36 bits per heavy atom. The average molecular weight is 338 g/mol. The number of likely N-dealkylation sites (N-methyl/N-ethyl adjacent to an activating group) is 1. The first-order valence-corrected chi connectivity index (χ1v) is 8.94. The topological polar surface area (TPSA) is 43.8 Å². The van der Waals surface area contributed by atoms with Gasteiger partial charge in [-0.25, -0.2) is 0 Å². The summed E-state index contributed by atoms with van der Waals surface area (Å²) in [5.74, 6) is 0.319. The number of hydrogen-bond donors (Lipinski definition) is 1. The van der Waals surface area contributed by atoms with E-state index in [4.69, 9.17) is 0 Å². The maximum atomic E-state index is 12.8. The molecular formula is C21H26N2O2. The van der Waals surface area contributed by atoms with Crippen molar-refractivity contribution in [2.75, 3.05) is 26.7 Å². The Balaban J connectivity index is 1.74. The number of nitrogens with zero attached hydrogens (tertiary/aromatic N) is 2. The maximum absolute atomic E-state index is 12.8. The zero-order chi connectivity index (χ0) is 17.6. The zero-order valence-electron chi connectivity index (χ0n) is 14.8. The Morgan fingerprint density at radius 1 is 1.08 bits per heavy atom. The SMILES string of the molecule is CN(C(=O)Cc1ccc(O)cc1)C(CN1CCCC1)c1ccccc1. The number of rotatable bonds is 6. The molecule has 0 aromatic heterocycles. The predicted molar refractivity (Wildman–Crippen MR) is 99.4 cm³/mol. The van der Waals surface area contributed by atoms with Gasteiger partial charge in [0.05, 0.1) is 12.5 Å². The van der Waals surface area contributed by atoms with Gasteiger partial charge in [-0.15, -0.1) is 0 Å². The Hall–Kier alpha value is -2.33. The van der Waals surface area contributed by atoms with Crippen molar-refractivity contribution in [2.45, 2.75) is 25.3 Å². The number of carbonyl (C=O) groups is 1. The van der Waals surface area contributed by atoms with Crippen LogP contribution in [-0.4, -0.2) is 47.5 Å². The first-order chi connectivity index (χ1) is 12.1. The molecule has 25 heavy (non-hydrogen) atoms. The van der Waals surface area contributed by atoms with E-state index in [0.29, 0.717) is 6.42 Å². The second-order valence-corrected chi connectivity index (χ2v) is 6.78. The van der Waals surface area contributed by atoms with E-state index in [2.05, 4.69) is 17.0 Å². The van der Waals surface area contributed by atoms with Crippen LogP contribution in [0.15, 0.2) is 54.6 Å². The van der Waals surface area contributed by atoms with Crippen LogP contribution in [-0.2, 0) is 11.2 Å². The minimum Gasteiger partial charge on any atom is -0.508 e. The lowest BCUT2D eigenvalue weighted by Crippen LogP contribution is -2.39. The molecule has 1 fully saturated rings. The molecule has 4 nitrogen and oxygen atoms in total. The monoisotopic (exact) mass is 338 g/mol. The molecule has 1 N–H and O–H groups in total.